The third-order valence-electron chi connectivity index (χ3n) is 5.77. The lowest BCUT2D eigenvalue weighted by atomic mass is 9.87. The molecule has 2 aromatic rings. The van der Waals surface area contributed by atoms with Crippen molar-refractivity contribution < 1.29 is 31.6 Å². The highest BCUT2D eigenvalue weighted by Crippen LogP contribution is 2.39. The molecule has 6 nitrogen and oxygen atoms in total. The number of alkyl halides is 3. The number of carbonyl (C=O) groups excluding carboxylic acids is 1. The van der Waals surface area contributed by atoms with Gasteiger partial charge in [0, 0.05) is 13.1 Å². The second-order valence-corrected chi connectivity index (χ2v) is 9.91. The first kappa shape index (κ1) is 24.2. The third kappa shape index (κ3) is 5.87. The topological polar surface area (TPSA) is 86.7 Å². The Bertz CT molecular complexity index is 1020. The highest BCUT2D eigenvalue weighted by Gasteiger charge is 2.37. The van der Waals surface area contributed by atoms with Gasteiger partial charge < -0.3 is 0 Å². The van der Waals surface area contributed by atoms with Gasteiger partial charge >= 0.3 is 6.18 Å². The average molecular weight is 471 g/mol. The first-order valence-electron chi connectivity index (χ1n) is 10.2. The van der Waals surface area contributed by atoms with Crippen LogP contribution in [0.3, 0.4) is 0 Å². The molecular weight excluding hydrogens is 445 g/mol. The minimum atomic E-state index is -4.47. The highest BCUT2D eigenvalue weighted by atomic mass is 32.2. The summed E-state index contributed by atoms with van der Waals surface area (Å²) in [6.45, 7) is 0.135. The van der Waals surface area contributed by atoms with Gasteiger partial charge in [-0.3, -0.25) is 10.0 Å². The van der Waals surface area contributed by atoms with Crippen LogP contribution < -0.4 is 5.48 Å². The summed E-state index contributed by atoms with van der Waals surface area (Å²) in [5, 5.41) is 9.04. The second-order valence-electron chi connectivity index (χ2n) is 7.90. The average Bonchev–Trinajstić information content (AvgIpc) is 2.78. The monoisotopic (exact) mass is 470 g/mol. The van der Waals surface area contributed by atoms with Crippen LogP contribution in [0.1, 0.15) is 35.4 Å². The minimum Gasteiger partial charge on any atom is -0.289 e. The normalized spacial score (nSPS) is 17.1. The second kappa shape index (κ2) is 10.0. The Kier molecular flexibility index (Phi) is 7.58. The zero-order valence-corrected chi connectivity index (χ0v) is 18.1. The maximum atomic E-state index is 13.3. The maximum absolute atomic E-state index is 13.3. The summed E-state index contributed by atoms with van der Waals surface area (Å²) in [4.78, 5) is 12.1. The lowest BCUT2D eigenvalue weighted by molar-refractivity contribution is -0.138. The Labute approximate surface area is 185 Å². The van der Waals surface area contributed by atoms with E-state index >= 15 is 0 Å². The molecule has 1 atom stereocenters. The van der Waals surface area contributed by atoms with Crippen molar-refractivity contribution in [3.05, 3.63) is 71.3 Å². The molecule has 1 aliphatic heterocycles. The van der Waals surface area contributed by atoms with Crippen molar-refractivity contribution in [3.8, 4) is 0 Å². The summed E-state index contributed by atoms with van der Waals surface area (Å²) >= 11 is 0. The number of amides is 1. The van der Waals surface area contributed by atoms with Gasteiger partial charge in [-0.25, -0.2) is 18.2 Å². The molecule has 1 unspecified atom stereocenters. The molecule has 0 aromatic heterocycles. The molecular formula is C22H25F3N2O4S. The number of sulfonamides is 1. The van der Waals surface area contributed by atoms with E-state index in [0.29, 0.717) is 0 Å². The van der Waals surface area contributed by atoms with Crippen LogP contribution in [-0.2, 0) is 27.4 Å². The van der Waals surface area contributed by atoms with Crippen molar-refractivity contribution in [2.45, 2.75) is 31.4 Å². The number of piperidine rings is 1. The lowest BCUT2D eigenvalue weighted by Gasteiger charge is -2.33. The van der Waals surface area contributed by atoms with Crippen LogP contribution in [0.5, 0.6) is 0 Å². The van der Waals surface area contributed by atoms with Crippen LogP contribution in [0.25, 0.3) is 0 Å². The number of benzene rings is 2. The SMILES string of the molecule is O=C(NO)C(Cc1ccccc1)CS(=O)(=O)N1CCC(c2ccccc2C(F)(F)F)CC1. The number of carbonyl (C=O) groups is 1. The molecule has 0 radical (unpaired) electrons. The van der Waals surface area contributed by atoms with Gasteiger partial charge in [-0.15, -0.1) is 0 Å². The smallest absolute Gasteiger partial charge is 0.289 e. The van der Waals surface area contributed by atoms with Gasteiger partial charge in [-0.1, -0.05) is 48.5 Å². The number of rotatable bonds is 7. The van der Waals surface area contributed by atoms with Crippen LogP contribution in [-0.4, -0.2) is 42.7 Å². The Morgan fingerprint density at radius 3 is 2.25 bits per heavy atom. The van der Waals surface area contributed by atoms with Crippen molar-refractivity contribution in [2.24, 2.45) is 5.92 Å². The van der Waals surface area contributed by atoms with Crippen molar-refractivity contribution in [1.29, 1.82) is 0 Å². The van der Waals surface area contributed by atoms with E-state index in [2.05, 4.69) is 0 Å². The number of hydrogen-bond acceptors (Lipinski definition) is 4. The maximum Gasteiger partial charge on any atom is 0.416 e. The molecule has 0 spiro atoms. The summed E-state index contributed by atoms with van der Waals surface area (Å²) in [6.07, 6.45) is -3.84. The molecule has 32 heavy (non-hydrogen) atoms. The number of halogens is 3. The number of nitrogens with one attached hydrogen (secondary N) is 1. The van der Waals surface area contributed by atoms with Crippen molar-refractivity contribution >= 4 is 15.9 Å². The van der Waals surface area contributed by atoms with Crippen LogP contribution in [0, 0.1) is 5.92 Å². The molecule has 1 fully saturated rings. The Morgan fingerprint density at radius 2 is 1.66 bits per heavy atom. The Hall–Kier alpha value is -2.43. The number of hydroxylamine groups is 1. The fourth-order valence-electron chi connectivity index (χ4n) is 4.13. The number of hydrogen-bond donors (Lipinski definition) is 2. The van der Waals surface area contributed by atoms with Crippen LogP contribution >= 0.6 is 0 Å². The molecule has 2 aromatic carbocycles. The van der Waals surface area contributed by atoms with Crippen molar-refractivity contribution in [1.82, 2.24) is 9.79 Å². The summed E-state index contributed by atoms with van der Waals surface area (Å²) < 4.78 is 67.2. The molecule has 0 aliphatic carbocycles. The van der Waals surface area contributed by atoms with Gasteiger partial charge in [0.15, 0.2) is 0 Å². The van der Waals surface area contributed by atoms with E-state index < -0.39 is 45.3 Å². The lowest BCUT2D eigenvalue weighted by Crippen LogP contribution is -2.43. The van der Waals surface area contributed by atoms with Crippen molar-refractivity contribution in [3.63, 3.8) is 0 Å². The fraction of sp³-hybridized carbons (Fsp3) is 0.409. The van der Waals surface area contributed by atoms with Crippen molar-refractivity contribution in [2.75, 3.05) is 18.8 Å². The third-order valence-corrected chi connectivity index (χ3v) is 7.75. The molecule has 1 heterocycles. The largest absolute Gasteiger partial charge is 0.416 e. The molecule has 2 N–H and O–H groups in total. The predicted molar refractivity (Wildman–Crippen MR) is 112 cm³/mol. The van der Waals surface area contributed by atoms with Gasteiger partial charge in [0.25, 0.3) is 0 Å². The zero-order chi connectivity index (χ0) is 23.4. The highest BCUT2D eigenvalue weighted by molar-refractivity contribution is 7.89. The van der Waals surface area contributed by atoms with Crippen LogP contribution in [0.2, 0.25) is 0 Å². The number of nitrogens with zero attached hydrogens (tertiary/aromatic N) is 1. The summed E-state index contributed by atoms with van der Waals surface area (Å²) in [7, 11) is -3.86. The summed E-state index contributed by atoms with van der Waals surface area (Å²) in [5.41, 5.74) is 1.77. The molecule has 174 valence electrons. The van der Waals surface area contributed by atoms with E-state index in [-0.39, 0.29) is 37.9 Å². The fourth-order valence-corrected chi connectivity index (χ4v) is 5.89. The standard InChI is InChI=1S/C22H25F3N2O4S/c23-22(24,25)20-9-5-4-8-19(20)17-10-12-27(13-11-17)32(30,31)15-18(21(28)26-29)14-16-6-2-1-3-7-16/h1-9,17-18,29H,10-15H2,(H,26,28). The van der Waals surface area contributed by atoms with E-state index in [0.717, 1.165) is 11.6 Å². The van der Waals surface area contributed by atoms with Gasteiger partial charge in [0.05, 0.1) is 17.2 Å². The molecule has 0 bridgehead atoms. The van der Waals surface area contributed by atoms with E-state index in [4.69, 9.17) is 5.21 Å². The zero-order valence-electron chi connectivity index (χ0n) is 17.3. The van der Waals surface area contributed by atoms with Gasteiger partial charge in [-0.05, 0) is 42.4 Å². The Balaban J connectivity index is 1.69. The molecule has 1 aliphatic rings. The van der Waals surface area contributed by atoms with Crippen LogP contribution in [0.15, 0.2) is 54.6 Å². The van der Waals surface area contributed by atoms with E-state index in [1.807, 2.05) is 0 Å². The summed E-state index contributed by atoms with van der Waals surface area (Å²) in [6, 6.07) is 14.2. The minimum absolute atomic E-state index is 0.0675. The van der Waals surface area contributed by atoms with E-state index in [9.17, 15) is 26.4 Å². The molecule has 3 rings (SSSR count). The Morgan fingerprint density at radius 1 is 1.06 bits per heavy atom. The molecule has 1 amide bonds. The summed E-state index contributed by atoms with van der Waals surface area (Å²) in [5.74, 6) is -2.71. The quantitative estimate of drug-likeness (QED) is 0.479. The molecule has 1 saturated heterocycles. The first-order chi connectivity index (χ1) is 15.1. The van der Waals surface area contributed by atoms with Gasteiger partial charge in [-0.2, -0.15) is 13.2 Å². The molecule has 0 saturated carbocycles. The van der Waals surface area contributed by atoms with Gasteiger partial charge in [0.2, 0.25) is 15.9 Å². The first-order valence-corrected chi connectivity index (χ1v) is 11.8. The van der Waals surface area contributed by atoms with Crippen LogP contribution in [0.4, 0.5) is 13.2 Å². The van der Waals surface area contributed by atoms with Gasteiger partial charge in [0.1, 0.15) is 0 Å². The predicted octanol–water partition coefficient (Wildman–Crippen LogP) is 3.58. The molecule has 10 heteroatoms. The van der Waals surface area contributed by atoms with E-state index in [1.54, 1.807) is 36.4 Å². The van der Waals surface area contributed by atoms with E-state index in [1.165, 1.54) is 21.9 Å².